The van der Waals surface area contributed by atoms with E-state index in [1.807, 2.05) is 0 Å². The predicted octanol–water partition coefficient (Wildman–Crippen LogP) is 1.37. The number of amides is 1. The molecule has 1 atom stereocenters. The maximum atomic E-state index is 11.2. The first-order valence-corrected chi connectivity index (χ1v) is 5.43. The summed E-state index contributed by atoms with van der Waals surface area (Å²) in [6, 6.07) is -0.0250. The molecular weight excluding hydrogens is 176 g/mol. The molecule has 1 fully saturated rings. The van der Waals surface area contributed by atoms with Crippen LogP contribution in [0.3, 0.4) is 0 Å². The first-order chi connectivity index (χ1) is 6.40. The van der Waals surface area contributed by atoms with Crippen molar-refractivity contribution in [3.63, 3.8) is 0 Å². The van der Waals surface area contributed by atoms with Gasteiger partial charge in [-0.1, -0.05) is 27.2 Å². The standard InChI is InChI=1S/C11H22N2O/c1-11(2,3)8-13-7-5-4-6-9(13)10(12)14/h9H,4-8H2,1-3H3,(H2,12,14)/t9-/m0/s1. The van der Waals surface area contributed by atoms with Gasteiger partial charge in [-0.05, 0) is 24.8 Å². The van der Waals surface area contributed by atoms with E-state index < -0.39 is 0 Å². The summed E-state index contributed by atoms with van der Waals surface area (Å²) in [5, 5.41) is 0. The molecule has 1 aliphatic rings. The second kappa shape index (κ2) is 4.30. The Morgan fingerprint density at radius 1 is 1.43 bits per heavy atom. The minimum Gasteiger partial charge on any atom is -0.368 e. The minimum atomic E-state index is -0.158. The largest absolute Gasteiger partial charge is 0.368 e. The maximum Gasteiger partial charge on any atom is 0.234 e. The van der Waals surface area contributed by atoms with Crippen LogP contribution in [0.25, 0.3) is 0 Å². The van der Waals surface area contributed by atoms with Crippen LogP contribution in [-0.2, 0) is 4.79 Å². The summed E-state index contributed by atoms with van der Waals surface area (Å²) in [5.41, 5.74) is 5.64. The van der Waals surface area contributed by atoms with Crippen molar-refractivity contribution in [2.75, 3.05) is 13.1 Å². The highest BCUT2D eigenvalue weighted by molar-refractivity contribution is 5.79. The van der Waals surface area contributed by atoms with Gasteiger partial charge >= 0.3 is 0 Å². The van der Waals surface area contributed by atoms with E-state index in [1.165, 1.54) is 6.42 Å². The number of piperidine rings is 1. The topological polar surface area (TPSA) is 46.3 Å². The Bertz CT molecular complexity index is 208. The fraction of sp³-hybridized carbons (Fsp3) is 0.909. The minimum absolute atomic E-state index is 0.0250. The van der Waals surface area contributed by atoms with Crippen molar-refractivity contribution >= 4 is 5.91 Å². The van der Waals surface area contributed by atoms with Crippen LogP contribution in [0.1, 0.15) is 40.0 Å². The third-order valence-electron chi connectivity index (χ3n) is 2.62. The van der Waals surface area contributed by atoms with E-state index in [2.05, 4.69) is 25.7 Å². The van der Waals surface area contributed by atoms with E-state index in [1.54, 1.807) is 0 Å². The molecule has 3 nitrogen and oxygen atoms in total. The van der Waals surface area contributed by atoms with E-state index in [9.17, 15) is 4.79 Å². The molecule has 0 aliphatic carbocycles. The zero-order valence-corrected chi connectivity index (χ0v) is 9.55. The molecule has 14 heavy (non-hydrogen) atoms. The van der Waals surface area contributed by atoms with Crippen molar-refractivity contribution in [1.82, 2.24) is 4.90 Å². The number of likely N-dealkylation sites (tertiary alicyclic amines) is 1. The van der Waals surface area contributed by atoms with Crippen LogP contribution in [0.5, 0.6) is 0 Å². The van der Waals surface area contributed by atoms with Crippen LogP contribution in [0.2, 0.25) is 0 Å². The average molecular weight is 198 g/mol. The summed E-state index contributed by atoms with van der Waals surface area (Å²) < 4.78 is 0. The van der Waals surface area contributed by atoms with Gasteiger partial charge in [-0.3, -0.25) is 9.69 Å². The molecular formula is C11H22N2O. The van der Waals surface area contributed by atoms with Gasteiger partial charge in [-0.25, -0.2) is 0 Å². The fourth-order valence-corrected chi connectivity index (χ4v) is 2.11. The molecule has 0 unspecified atom stereocenters. The van der Waals surface area contributed by atoms with Gasteiger partial charge in [0.25, 0.3) is 0 Å². The zero-order chi connectivity index (χ0) is 10.8. The van der Waals surface area contributed by atoms with Crippen LogP contribution < -0.4 is 5.73 Å². The second-order valence-corrected chi connectivity index (χ2v) is 5.45. The molecule has 0 spiro atoms. The number of carbonyl (C=O) groups is 1. The van der Waals surface area contributed by atoms with Crippen molar-refractivity contribution < 1.29 is 4.79 Å². The van der Waals surface area contributed by atoms with Gasteiger partial charge < -0.3 is 5.73 Å². The lowest BCUT2D eigenvalue weighted by molar-refractivity contribution is -0.124. The monoisotopic (exact) mass is 198 g/mol. The van der Waals surface area contributed by atoms with E-state index in [-0.39, 0.29) is 17.4 Å². The summed E-state index contributed by atoms with van der Waals surface area (Å²) in [6.07, 6.45) is 3.26. The molecule has 1 heterocycles. The molecule has 1 amide bonds. The predicted molar refractivity (Wildman–Crippen MR) is 57.9 cm³/mol. The number of primary amides is 1. The van der Waals surface area contributed by atoms with Gasteiger partial charge in [0.05, 0.1) is 6.04 Å². The van der Waals surface area contributed by atoms with Crippen LogP contribution in [0.4, 0.5) is 0 Å². The number of hydrogen-bond acceptors (Lipinski definition) is 2. The highest BCUT2D eigenvalue weighted by Gasteiger charge is 2.29. The molecule has 0 saturated carbocycles. The van der Waals surface area contributed by atoms with Crippen LogP contribution in [0, 0.1) is 5.41 Å². The lowest BCUT2D eigenvalue weighted by atomic mass is 9.92. The van der Waals surface area contributed by atoms with Gasteiger partial charge in [0, 0.05) is 6.54 Å². The third-order valence-corrected chi connectivity index (χ3v) is 2.62. The van der Waals surface area contributed by atoms with E-state index in [4.69, 9.17) is 5.73 Å². The molecule has 1 saturated heterocycles. The number of nitrogens with two attached hydrogens (primary N) is 1. The van der Waals surface area contributed by atoms with E-state index >= 15 is 0 Å². The number of hydrogen-bond donors (Lipinski definition) is 1. The molecule has 0 bridgehead atoms. The van der Waals surface area contributed by atoms with Crippen molar-refractivity contribution in [2.45, 2.75) is 46.1 Å². The SMILES string of the molecule is CC(C)(C)CN1CCCC[C@H]1C(N)=O. The van der Waals surface area contributed by atoms with Gasteiger partial charge in [0.1, 0.15) is 0 Å². The Morgan fingerprint density at radius 2 is 2.07 bits per heavy atom. The highest BCUT2D eigenvalue weighted by Crippen LogP contribution is 2.22. The smallest absolute Gasteiger partial charge is 0.234 e. The van der Waals surface area contributed by atoms with Gasteiger partial charge in [-0.2, -0.15) is 0 Å². The van der Waals surface area contributed by atoms with Gasteiger partial charge in [0.15, 0.2) is 0 Å². The molecule has 3 heteroatoms. The average Bonchev–Trinajstić information content (AvgIpc) is 2.01. The van der Waals surface area contributed by atoms with Crippen molar-refractivity contribution in [3.05, 3.63) is 0 Å². The lowest BCUT2D eigenvalue weighted by Gasteiger charge is -2.37. The molecule has 0 aromatic carbocycles. The molecule has 0 aromatic rings. The maximum absolute atomic E-state index is 11.2. The lowest BCUT2D eigenvalue weighted by Crippen LogP contribution is -2.50. The normalized spacial score (nSPS) is 24.9. The summed E-state index contributed by atoms with van der Waals surface area (Å²) in [6.45, 7) is 8.56. The first kappa shape index (κ1) is 11.5. The molecule has 1 aliphatic heterocycles. The number of carbonyl (C=O) groups excluding carboxylic acids is 1. The second-order valence-electron chi connectivity index (χ2n) is 5.45. The Hall–Kier alpha value is -0.570. The molecule has 1 rings (SSSR count). The number of nitrogens with zero attached hydrogens (tertiary/aromatic N) is 1. The molecule has 0 radical (unpaired) electrons. The number of rotatable bonds is 2. The molecule has 0 aromatic heterocycles. The Kier molecular flexibility index (Phi) is 3.53. The van der Waals surface area contributed by atoms with Crippen molar-refractivity contribution in [3.8, 4) is 0 Å². The molecule has 2 N–H and O–H groups in total. The highest BCUT2D eigenvalue weighted by atomic mass is 16.1. The van der Waals surface area contributed by atoms with Crippen molar-refractivity contribution in [2.24, 2.45) is 11.1 Å². The van der Waals surface area contributed by atoms with E-state index in [0.717, 1.165) is 25.9 Å². The van der Waals surface area contributed by atoms with Crippen LogP contribution in [0.15, 0.2) is 0 Å². The van der Waals surface area contributed by atoms with Gasteiger partial charge in [0.2, 0.25) is 5.91 Å². The fourth-order valence-electron chi connectivity index (χ4n) is 2.11. The van der Waals surface area contributed by atoms with Crippen molar-refractivity contribution in [1.29, 1.82) is 0 Å². The Morgan fingerprint density at radius 3 is 2.57 bits per heavy atom. The quantitative estimate of drug-likeness (QED) is 0.728. The summed E-state index contributed by atoms with van der Waals surface area (Å²) in [4.78, 5) is 13.5. The summed E-state index contributed by atoms with van der Waals surface area (Å²) in [7, 11) is 0. The summed E-state index contributed by atoms with van der Waals surface area (Å²) in [5.74, 6) is -0.158. The Labute approximate surface area is 86.6 Å². The molecule has 82 valence electrons. The zero-order valence-electron chi connectivity index (χ0n) is 9.55. The Balaban J connectivity index is 2.59. The summed E-state index contributed by atoms with van der Waals surface area (Å²) >= 11 is 0. The third kappa shape index (κ3) is 3.29. The van der Waals surface area contributed by atoms with Crippen LogP contribution >= 0.6 is 0 Å². The first-order valence-electron chi connectivity index (χ1n) is 5.43. The van der Waals surface area contributed by atoms with Crippen LogP contribution in [-0.4, -0.2) is 29.9 Å². The van der Waals surface area contributed by atoms with E-state index in [0.29, 0.717) is 0 Å². The van der Waals surface area contributed by atoms with Gasteiger partial charge in [-0.15, -0.1) is 0 Å².